The van der Waals surface area contributed by atoms with E-state index < -0.39 is 29.7 Å². The van der Waals surface area contributed by atoms with Crippen LogP contribution < -0.4 is 7.66 Å². The predicted octanol–water partition coefficient (Wildman–Crippen LogP) is 9.86. The third-order valence-electron chi connectivity index (χ3n) is 11.9. The van der Waals surface area contributed by atoms with E-state index in [4.69, 9.17) is 3.26 Å². The molecule has 0 radical (unpaired) electrons. The fraction of sp³-hybridized carbons (Fsp3) is 0.463. The fourth-order valence-electron chi connectivity index (χ4n) is 11.7. The summed E-state index contributed by atoms with van der Waals surface area (Å²) in [6.07, 6.45) is 8.68. The third kappa shape index (κ3) is 6.39. The Morgan fingerprint density at radius 3 is 1.41 bits per heavy atom. The van der Waals surface area contributed by atoms with Gasteiger partial charge in [0, 0.05) is 0 Å². The molecule has 0 aliphatic heterocycles. The van der Waals surface area contributed by atoms with Gasteiger partial charge in [-0.2, -0.15) is 0 Å². The monoisotopic (exact) mass is 725 g/mol. The summed E-state index contributed by atoms with van der Waals surface area (Å²) in [5, 5.41) is 0. The minimum absolute atomic E-state index is 0.398. The maximum Gasteiger partial charge on any atom is -0.0184 e. The zero-order valence-electron chi connectivity index (χ0n) is 28.7. The van der Waals surface area contributed by atoms with Crippen LogP contribution in [0.5, 0.6) is 0 Å². The predicted molar refractivity (Wildman–Crippen MR) is 190 cm³/mol. The van der Waals surface area contributed by atoms with Crippen LogP contribution >= 0.6 is 0 Å². The van der Waals surface area contributed by atoms with Gasteiger partial charge in [0.15, 0.2) is 0 Å². The van der Waals surface area contributed by atoms with Crippen molar-refractivity contribution in [2.24, 2.45) is 22.2 Å². The molecule has 0 saturated heterocycles. The Balaban J connectivity index is 0.000000238. The molecule has 1 N–H and O–H groups in total. The molecule has 3 heteroatoms. The van der Waals surface area contributed by atoms with E-state index in [1.807, 2.05) is 15.4 Å². The molecule has 2 unspecified atom stereocenters. The average molecular weight is 726 g/mol. The van der Waals surface area contributed by atoms with E-state index in [0.717, 1.165) is 0 Å². The van der Waals surface area contributed by atoms with Gasteiger partial charge in [-0.3, -0.25) is 0 Å². The molecular weight excluding hydrogens is 670 g/mol. The Labute approximate surface area is 276 Å². The number of rotatable bonds is 6. The summed E-state index contributed by atoms with van der Waals surface area (Å²) in [6, 6.07) is 32.5. The molecule has 0 heterocycles. The third-order valence-corrected chi connectivity index (χ3v) is 44.0. The van der Waals surface area contributed by atoms with Gasteiger partial charge in [-0.05, 0) is 11.1 Å². The molecule has 5 aliphatic rings. The van der Waals surface area contributed by atoms with Crippen LogP contribution in [0.1, 0.15) is 87.0 Å². The molecule has 2 atom stereocenters. The summed E-state index contributed by atoms with van der Waals surface area (Å²) in [4.78, 5) is 0. The number of hydrogen-bond acceptors (Lipinski definition) is 1. The van der Waals surface area contributed by atoms with Crippen molar-refractivity contribution in [2.75, 3.05) is 0 Å². The summed E-state index contributed by atoms with van der Waals surface area (Å²) in [5.41, 5.74) is 9.52. The van der Waals surface area contributed by atoms with E-state index in [-0.39, 0.29) is 0 Å². The summed E-state index contributed by atoms with van der Waals surface area (Å²) in [7, 11) is 0. The SMILES string of the molecule is CC1=C(C)C(C)[C]([Zr]([CH3])([NH]C23CC4(C)CC(C)(CC(C)(C4)C2)C3)[GeH2][c]2ccccc2)=C1C.c1ccc(-c2ccccc2)cc1. The molecule has 44 heavy (non-hydrogen) atoms. The van der Waals surface area contributed by atoms with Gasteiger partial charge in [0.25, 0.3) is 0 Å². The molecule has 3 aromatic carbocycles. The molecule has 4 bridgehead atoms. The van der Waals surface area contributed by atoms with Gasteiger partial charge < -0.3 is 0 Å². The van der Waals surface area contributed by atoms with Crippen LogP contribution in [-0.4, -0.2) is 17.2 Å². The van der Waals surface area contributed by atoms with Crippen molar-refractivity contribution < 1.29 is 18.0 Å². The second-order valence-corrected chi connectivity index (χ2v) is 49.7. The maximum atomic E-state index is 4.81. The van der Waals surface area contributed by atoms with Crippen molar-refractivity contribution in [1.29, 1.82) is 0 Å². The van der Waals surface area contributed by atoms with Gasteiger partial charge >= 0.3 is 207 Å². The zero-order valence-corrected chi connectivity index (χ0v) is 34.1. The number of benzene rings is 3. The van der Waals surface area contributed by atoms with Crippen LogP contribution in [0.3, 0.4) is 0 Å². The topological polar surface area (TPSA) is 12.0 Å². The zero-order chi connectivity index (χ0) is 31.4. The average Bonchev–Trinajstić information content (AvgIpc) is 3.14. The first-order valence-electron chi connectivity index (χ1n) is 17.1. The smallest absolute Gasteiger partial charge is 0.0184 e. The maximum absolute atomic E-state index is 4.81. The summed E-state index contributed by atoms with van der Waals surface area (Å²) in [5.74, 6) is 0.660. The minimum Gasteiger partial charge on any atom is -0.0622 e. The van der Waals surface area contributed by atoms with Crippen LogP contribution in [0.2, 0.25) is 4.63 Å². The minimum atomic E-state index is -2.77. The van der Waals surface area contributed by atoms with Gasteiger partial charge in [-0.1, -0.05) is 60.7 Å². The number of nitrogens with one attached hydrogen (secondary N) is 1. The molecule has 4 saturated carbocycles. The largest absolute Gasteiger partial charge is 0.0622 e. The molecule has 0 amide bonds. The van der Waals surface area contributed by atoms with Crippen molar-refractivity contribution in [3.8, 4) is 11.1 Å². The molecule has 0 aromatic heterocycles. The Morgan fingerprint density at radius 2 is 1.02 bits per heavy atom. The van der Waals surface area contributed by atoms with E-state index in [9.17, 15) is 0 Å². The van der Waals surface area contributed by atoms with E-state index in [1.54, 1.807) is 21.1 Å². The number of allylic oxidation sites excluding steroid dienone is 4. The Morgan fingerprint density at radius 1 is 0.614 bits per heavy atom. The van der Waals surface area contributed by atoms with Crippen molar-refractivity contribution in [3.63, 3.8) is 0 Å². The Hall–Kier alpha value is -1.47. The quantitative estimate of drug-likeness (QED) is 0.250. The summed E-state index contributed by atoms with van der Waals surface area (Å²) < 4.78 is 11.3. The molecule has 232 valence electrons. The molecule has 4 fully saturated rings. The second kappa shape index (κ2) is 12.0. The molecular formula is C41H55GeNZr. The standard InChI is InChI=1S/C13H22N.C12H10.C9H13.C6H7Ge.CH3.Zr/c1-10-4-11(2)6-12(3,5-10)9-13(14,7-10)8-11;1-3-7-11(8-4-1)12-9-5-2-6-10-12;1-6-5-7(2)9(4)8(6)3;7-6-4-2-1-3-5-6;;/h14H,4-9H2,1-3H3;1-10H;6H,1-4H3;1-5H,7H2;1H3;/q-1;;;;;+1. The molecule has 5 aliphatic carbocycles. The van der Waals surface area contributed by atoms with Crippen LogP contribution in [0.25, 0.3) is 11.1 Å². The van der Waals surface area contributed by atoms with Gasteiger partial charge in [-0.25, -0.2) is 0 Å². The van der Waals surface area contributed by atoms with Crippen molar-refractivity contribution in [3.05, 3.63) is 111 Å². The Bertz CT molecular complexity index is 1470. The number of hydrogen-bond donors (Lipinski definition) is 1. The van der Waals surface area contributed by atoms with Crippen molar-refractivity contribution in [1.82, 2.24) is 3.26 Å². The van der Waals surface area contributed by atoms with Gasteiger partial charge in [0.05, 0.1) is 0 Å². The summed E-state index contributed by atoms with van der Waals surface area (Å²) >= 11 is -3.70. The molecule has 0 spiro atoms. The first kappa shape index (κ1) is 32.5. The van der Waals surface area contributed by atoms with Gasteiger partial charge in [0.1, 0.15) is 0 Å². The van der Waals surface area contributed by atoms with Crippen molar-refractivity contribution in [2.45, 2.75) is 97.2 Å². The van der Waals surface area contributed by atoms with Gasteiger partial charge in [-0.15, -0.1) is 0 Å². The van der Waals surface area contributed by atoms with Crippen LogP contribution in [0, 0.1) is 22.2 Å². The van der Waals surface area contributed by atoms with Crippen molar-refractivity contribution >= 4 is 16.0 Å². The van der Waals surface area contributed by atoms with E-state index in [2.05, 4.69) is 132 Å². The normalized spacial score (nSPS) is 34.0. The van der Waals surface area contributed by atoms with Crippen LogP contribution in [0.4, 0.5) is 0 Å². The first-order chi connectivity index (χ1) is 20.8. The molecule has 3 aromatic rings. The fourth-order valence-corrected chi connectivity index (χ4v) is 53.1. The molecule has 8 rings (SSSR count). The second-order valence-electron chi connectivity index (χ2n) is 16.7. The van der Waals surface area contributed by atoms with E-state index in [1.165, 1.54) is 49.7 Å². The van der Waals surface area contributed by atoms with E-state index in [0.29, 0.717) is 27.7 Å². The summed E-state index contributed by atoms with van der Waals surface area (Å²) in [6.45, 7) is 17.7. The van der Waals surface area contributed by atoms with Crippen LogP contribution in [-0.2, 0) is 18.0 Å². The van der Waals surface area contributed by atoms with E-state index >= 15 is 0 Å². The van der Waals surface area contributed by atoms with Gasteiger partial charge in [0.2, 0.25) is 0 Å². The first-order valence-corrected chi connectivity index (χ1v) is 34.0. The Kier molecular flexibility index (Phi) is 8.82. The van der Waals surface area contributed by atoms with Crippen LogP contribution in [0.15, 0.2) is 111 Å². The molecule has 1 nitrogen and oxygen atoms in total.